The van der Waals surface area contributed by atoms with Crippen LogP contribution >= 0.6 is 0 Å². The molecule has 0 spiro atoms. The number of amides is 4. The van der Waals surface area contributed by atoms with Gasteiger partial charge in [-0.05, 0) is 67.5 Å². The predicted octanol–water partition coefficient (Wildman–Crippen LogP) is 4.69. The van der Waals surface area contributed by atoms with E-state index < -0.39 is 23.8 Å². The van der Waals surface area contributed by atoms with Crippen LogP contribution in [0.3, 0.4) is 0 Å². The summed E-state index contributed by atoms with van der Waals surface area (Å²) in [6.07, 6.45) is 5.41. The Balaban J connectivity index is 1.27. The highest BCUT2D eigenvalue weighted by molar-refractivity contribution is 6.23. The largest absolute Gasteiger partial charge is 0.331 e. The molecule has 2 aliphatic carbocycles. The third kappa shape index (κ3) is 3.95. The Morgan fingerprint density at radius 3 is 2.19 bits per heavy atom. The van der Waals surface area contributed by atoms with E-state index in [1.165, 1.54) is 11.1 Å². The second-order valence-corrected chi connectivity index (χ2v) is 8.55. The molecule has 1 heterocycles. The molecule has 2 bridgehead atoms. The van der Waals surface area contributed by atoms with Crippen molar-refractivity contribution in [2.75, 3.05) is 0 Å². The molecule has 32 heavy (non-hydrogen) atoms. The van der Waals surface area contributed by atoms with Gasteiger partial charge in [-0.15, -0.1) is 0 Å². The van der Waals surface area contributed by atoms with Crippen molar-refractivity contribution >= 4 is 41.1 Å². The Labute approximate surface area is 185 Å². The SMILES string of the molecule is O=C1NC(=O)N([C@H]2C[C@H]3CC[C@H]2C3)C(=O)[C@H]1C=Nc1ccc(N=Nc2ccccc2)cc1. The number of hydrogen-bond donors (Lipinski definition) is 1. The fraction of sp³-hybridized carbons (Fsp3) is 0.333. The summed E-state index contributed by atoms with van der Waals surface area (Å²) < 4.78 is 0. The van der Waals surface area contributed by atoms with Crippen LogP contribution in [0, 0.1) is 17.8 Å². The van der Waals surface area contributed by atoms with Crippen molar-refractivity contribution in [2.24, 2.45) is 33.0 Å². The molecule has 0 unspecified atom stereocenters. The number of fused-ring (bicyclic) bond motifs is 2. The second-order valence-electron chi connectivity index (χ2n) is 8.55. The van der Waals surface area contributed by atoms with Gasteiger partial charge in [-0.2, -0.15) is 10.2 Å². The van der Waals surface area contributed by atoms with E-state index in [1.807, 2.05) is 30.3 Å². The minimum atomic E-state index is -1.11. The van der Waals surface area contributed by atoms with Crippen LogP contribution in [0.2, 0.25) is 0 Å². The van der Waals surface area contributed by atoms with E-state index in [0.29, 0.717) is 23.2 Å². The molecular weight excluding hydrogens is 406 g/mol. The molecule has 4 amide bonds. The number of nitrogens with zero attached hydrogens (tertiary/aromatic N) is 4. The van der Waals surface area contributed by atoms with Crippen molar-refractivity contribution < 1.29 is 14.4 Å². The van der Waals surface area contributed by atoms with Gasteiger partial charge in [0.05, 0.1) is 17.1 Å². The van der Waals surface area contributed by atoms with Crippen LogP contribution in [0.25, 0.3) is 0 Å². The zero-order chi connectivity index (χ0) is 22.1. The number of carbonyl (C=O) groups excluding carboxylic acids is 3. The lowest BCUT2D eigenvalue weighted by atomic mass is 9.92. The molecule has 8 nitrogen and oxygen atoms in total. The van der Waals surface area contributed by atoms with Crippen molar-refractivity contribution in [3.05, 3.63) is 54.6 Å². The van der Waals surface area contributed by atoms with Gasteiger partial charge in [-0.3, -0.25) is 24.8 Å². The summed E-state index contributed by atoms with van der Waals surface area (Å²) in [6, 6.07) is 15.7. The number of nitrogens with one attached hydrogen (secondary N) is 1. The van der Waals surface area contributed by atoms with E-state index in [9.17, 15) is 14.4 Å². The number of imide groups is 2. The molecule has 2 aromatic rings. The molecule has 0 aromatic heterocycles. The van der Waals surface area contributed by atoms with E-state index in [2.05, 4.69) is 20.5 Å². The number of rotatable bonds is 5. The van der Waals surface area contributed by atoms with E-state index >= 15 is 0 Å². The van der Waals surface area contributed by atoms with Crippen molar-refractivity contribution in [3.8, 4) is 0 Å². The Hall–Kier alpha value is -3.68. The number of carbonyl (C=O) groups is 3. The van der Waals surface area contributed by atoms with Gasteiger partial charge in [0, 0.05) is 12.3 Å². The minimum Gasteiger partial charge on any atom is -0.277 e. The van der Waals surface area contributed by atoms with Crippen molar-refractivity contribution in [3.63, 3.8) is 0 Å². The molecule has 1 aliphatic heterocycles. The quantitative estimate of drug-likeness (QED) is 0.424. The van der Waals surface area contributed by atoms with Gasteiger partial charge >= 0.3 is 6.03 Å². The summed E-state index contributed by atoms with van der Waals surface area (Å²) in [4.78, 5) is 43.4. The van der Waals surface area contributed by atoms with Crippen molar-refractivity contribution in [1.29, 1.82) is 0 Å². The van der Waals surface area contributed by atoms with Gasteiger partial charge in [0.1, 0.15) is 0 Å². The Morgan fingerprint density at radius 1 is 0.844 bits per heavy atom. The standard InChI is InChI=1S/C24H23N5O3/c30-22-20(23(31)29(24(32)26-22)21-13-15-6-7-16(21)12-15)14-25-17-8-10-19(11-9-17)28-27-18-4-2-1-3-5-18/h1-5,8-11,14-16,20-21H,6-7,12-13H2,(H,26,30,32)/t15-,16-,20-,21-/m0/s1. The first kappa shape index (κ1) is 20.2. The highest BCUT2D eigenvalue weighted by atomic mass is 16.2. The minimum absolute atomic E-state index is 0.112. The molecule has 2 saturated carbocycles. The molecule has 0 radical (unpaired) electrons. The summed E-state index contributed by atoms with van der Waals surface area (Å²) in [6.45, 7) is 0. The van der Waals surface area contributed by atoms with E-state index in [1.54, 1.807) is 24.3 Å². The smallest absolute Gasteiger partial charge is 0.277 e. The average Bonchev–Trinajstić information content (AvgIpc) is 3.43. The highest BCUT2D eigenvalue weighted by Gasteiger charge is 2.50. The first-order valence-corrected chi connectivity index (χ1v) is 10.9. The number of hydrogen-bond acceptors (Lipinski definition) is 6. The third-order valence-corrected chi connectivity index (χ3v) is 6.53. The van der Waals surface area contributed by atoms with Crippen LogP contribution in [0.4, 0.5) is 21.9 Å². The molecular formula is C24H23N5O3. The van der Waals surface area contributed by atoms with E-state index in [0.717, 1.165) is 31.4 Å². The van der Waals surface area contributed by atoms with Gasteiger partial charge in [0.25, 0.3) is 0 Å². The second kappa shape index (κ2) is 8.45. The molecule has 2 aromatic carbocycles. The van der Waals surface area contributed by atoms with E-state index in [-0.39, 0.29) is 6.04 Å². The zero-order valence-corrected chi connectivity index (χ0v) is 17.4. The summed E-state index contributed by atoms with van der Waals surface area (Å²) in [7, 11) is 0. The fourth-order valence-corrected chi connectivity index (χ4v) is 4.95. The highest BCUT2D eigenvalue weighted by Crippen LogP contribution is 2.47. The first-order valence-electron chi connectivity index (χ1n) is 10.9. The lowest BCUT2D eigenvalue weighted by Crippen LogP contribution is -2.62. The summed E-state index contributed by atoms with van der Waals surface area (Å²) in [5.41, 5.74) is 1.99. The van der Waals surface area contributed by atoms with Gasteiger partial charge in [0.15, 0.2) is 5.92 Å². The monoisotopic (exact) mass is 429 g/mol. The molecule has 1 N–H and O–H groups in total. The molecule has 5 rings (SSSR count). The molecule has 3 aliphatic rings. The van der Waals surface area contributed by atoms with Gasteiger partial charge < -0.3 is 0 Å². The van der Waals surface area contributed by atoms with Crippen LogP contribution < -0.4 is 5.32 Å². The van der Waals surface area contributed by atoms with Crippen LogP contribution in [-0.4, -0.2) is 35.0 Å². The Kier molecular flexibility index (Phi) is 5.34. The molecule has 8 heteroatoms. The number of azo groups is 1. The van der Waals surface area contributed by atoms with Gasteiger partial charge in [-0.25, -0.2) is 4.79 Å². The summed E-state index contributed by atoms with van der Waals surface area (Å²) >= 11 is 0. The van der Waals surface area contributed by atoms with E-state index in [4.69, 9.17) is 0 Å². The fourth-order valence-electron chi connectivity index (χ4n) is 4.95. The third-order valence-electron chi connectivity index (χ3n) is 6.53. The topological polar surface area (TPSA) is 104 Å². The van der Waals surface area contributed by atoms with Crippen LogP contribution in [0.5, 0.6) is 0 Å². The van der Waals surface area contributed by atoms with Crippen molar-refractivity contribution in [1.82, 2.24) is 10.2 Å². The average molecular weight is 429 g/mol. The molecule has 4 atom stereocenters. The summed E-state index contributed by atoms with van der Waals surface area (Å²) in [5, 5.41) is 10.7. The number of urea groups is 1. The van der Waals surface area contributed by atoms with Gasteiger partial charge in [-0.1, -0.05) is 24.6 Å². The maximum absolute atomic E-state index is 13.0. The van der Waals surface area contributed by atoms with Gasteiger partial charge in [0.2, 0.25) is 11.8 Å². The molecule has 3 fully saturated rings. The predicted molar refractivity (Wildman–Crippen MR) is 118 cm³/mol. The maximum Gasteiger partial charge on any atom is 0.331 e. The lowest BCUT2D eigenvalue weighted by Gasteiger charge is -2.36. The Bertz CT molecular complexity index is 1100. The number of benzene rings is 2. The molecule has 162 valence electrons. The first-order chi connectivity index (χ1) is 15.6. The normalized spacial score (nSPS) is 27.6. The molecule has 1 saturated heterocycles. The maximum atomic E-state index is 13.0. The Morgan fingerprint density at radius 2 is 1.53 bits per heavy atom. The van der Waals surface area contributed by atoms with Crippen LogP contribution in [-0.2, 0) is 9.59 Å². The number of aliphatic imine (C=N–C) groups is 1. The lowest BCUT2D eigenvalue weighted by molar-refractivity contribution is -0.141. The number of barbiturate groups is 1. The van der Waals surface area contributed by atoms with Crippen LogP contribution in [0.15, 0.2) is 69.8 Å². The van der Waals surface area contributed by atoms with Crippen molar-refractivity contribution in [2.45, 2.75) is 31.7 Å². The van der Waals surface area contributed by atoms with Crippen LogP contribution in [0.1, 0.15) is 25.7 Å². The zero-order valence-electron chi connectivity index (χ0n) is 17.4. The summed E-state index contributed by atoms with van der Waals surface area (Å²) in [5.74, 6) is -1.29.